The Morgan fingerprint density at radius 3 is 2.62 bits per heavy atom. The van der Waals surface area contributed by atoms with Crippen molar-refractivity contribution in [1.29, 1.82) is 0 Å². The molecule has 0 atom stereocenters. The van der Waals surface area contributed by atoms with E-state index in [-0.39, 0.29) is 23.9 Å². The van der Waals surface area contributed by atoms with Gasteiger partial charge in [0, 0.05) is 16.1 Å². The number of nitrogens with zero attached hydrogens (tertiary/aromatic N) is 1. The van der Waals surface area contributed by atoms with E-state index >= 15 is 0 Å². The first-order valence-electron chi connectivity index (χ1n) is 7.03. The maximum Gasteiger partial charge on any atom is 0.328 e. The Morgan fingerprint density at radius 2 is 1.83 bits per heavy atom. The minimum absolute atomic E-state index is 0.0334. The Kier molecular flexibility index (Phi) is 4.55. The molecule has 0 saturated carbocycles. The average molecular weight is 365 g/mol. The molecule has 0 saturated heterocycles. The lowest BCUT2D eigenvalue weighted by Crippen LogP contribution is -2.23. The molecule has 124 valence electrons. The van der Waals surface area contributed by atoms with Crippen molar-refractivity contribution in [3.8, 4) is 0 Å². The van der Waals surface area contributed by atoms with E-state index in [1.807, 2.05) is 0 Å². The van der Waals surface area contributed by atoms with Crippen molar-refractivity contribution in [1.82, 2.24) is 4.72 Å². The molecule has 0 amide bonds. The zero-order chi connectivity index (χ0) is 17.2. The monoisotopic (exact) mass is 364 g/mol. The SMILES string of the molecule is O=C(CN=C1NS(=O)(=O)c2ccccc21)OCc1ccccc1Cl. The van der Waals surface area contributed by atoms with Gasteiger partial charge in [0.1, 0.15) is 19.0 Å². The second kappa shape index (κ2) is 6.62. The Hall–Kier alpha value is -2.38. The van der Waals surface area contributed by atoms with Crippen LogP contribution in [0, 0.1) is 0 Å². The standard InChI is InChI=1S/C16H13ClN2O4S/c17-13-7-3-1-5-11(13)10-23-15(20)9-18-16-12-6-2-4-8-14(12)24(21,22)19-16/h1-8H,9-10H2,(H,18,19). The summed E-state index contributed by atoms with van der Waals surface area (Å²) in [6.07, 6.45) is 0. The van der Waals surface area contributed by atoms with Gasteiger partial charge in [-0.05, 0) is 18.2 Å². The molecular formula is C16H13ClN2O4S. The smallest absolute Gasteiger partial charge is 0.328 e. The molecule has 0 aromatic heterocycles. The van der Waals surface area contributed by atoms with Crippen molar-refractivity contribution in [2.24, 2.45) is 4.99 Å². The highest BCUT2D eigenvalue weighted by Crippen LogP contribution is 2.22. The van der Waals surface area contributed by atoms with E-state index in [1.165, 1.54) is 6.07 Å². The van der Waals surface area contributed by atoms with Crippen molar-refractivity contribution >= 4 is 33.4 Å². The normalized spacial score (nSPS) is 16.5. The lowest BCUT2D eigenvalue weighted by atomic mass is 10.2. The molecule has 0 radical (unpaired) electrons. The van der Waals surface area contributed by atoms with Crippen LogP contribution in [0.25, 0.3) is 0 Å². The fourth-order valence-electron chi connectivity index (χ4n) is 2.21. The molecule has 1 heterocycles. The highest BCUT2D eigenvalue weighted by Gasteiger charge is 2.30. The summed E-state index contributed by atoms with van der Waals surface area (Å²) >= 11 is 5.98. The molecule has 6 nitrogen and oxygen atoms in total. The van der Waals surface area contributed by atoms with Gasteiger partial charge in [0.15, 0.2) is 0 Å². The molecule has 1 aliphatic rings. The lowest BCUT2D eigenvalue weighted by Gasteiger charge is -2.05. The second-order valence-corrected chi connectivity index (χ2v) is 7.08. The first-order valence-corrected chi connectivity index (χ1v) is 8.89. The van der Waals surface area contributed by atoms with Crippen molar-refractivity contribution < 1.29 is 17.9 Å². The largest absolute Gasteiger partial charge is 0.459 e. The molecule has 3 rings (SSSR count). The number of nitrogens with one attached hydrogen (secondary N) is 1. The Balaban J connectivity index is 1.66. The van der Waals surface area contributed by atoms with Crippen LogP contribution in [0.5, 0.6) is 0 Å². The average Bonchev–Trinajstić information content (AvgIpc) is 2.83. The number of sulfonamides is 1. The number of hydrogen-bond donors (Lipinski definition) is 1. The maximum absolute atomic E-state index is 11.9. The van der Waals surface area contributed by atoms with Crippen molar-refractivity contribution in [3.63, 3.8) is 0 Å². The zero-order valence-electron chi connectivity index (χ0n) is 12.4. The fraction of sp³-hybridized carbons (Fsp3) is 0.125. The van der Waals surface area contributed by atoms with Crippen molar-refractivity contribution in [2.45, 2.75) is 11.5 Å². The van der Waals surface area contributed by atoms with E-state index in [0.717, 1.165) is 0 Å². The summed E-state index contributed by atoms with van der Waals surface area (Å²) in [6, 6.07) is 13.5. The van der Waals surface area contributed by atoms with Crippen molar-refractivity contribution in [3.05, 3.63) is 64.7 Å². The van der Waals surface area contributed by atoms with Gasteiger partial charge >= 0.3 is 5.97 Å². The molecule has 24 heavy (non-hydrogen) atoms. The number of ether oxygens (including phenoxy) is 1. The van der Waals surface area contributed by atoms with Crippen molar-refractivity contribution in [2.75, 3.05) is 6.54 Å². The molecule has 1 N–H and O–H groups in total. The van der Waals surface area contributed by atoms with Crippen LogP contribution in [0.3, 0.4) is 0 Å². The number of esters is 1. The van der Waals surface area contributed by atoms with E-state index in [4.69, 9.17) is 16.3 Å². The van der Waals surface area contributed by atoms with Crippen LogP contribution in [0.4, 0.5) is 0 Å². The molecule has 0 spiro atoms. The minimum Gasteiger partial charge on any atom is -0.459 e. The van der Waals surface area contributed by atoms with E-state index < -0.39 is 16.0 Å². The van der Waals surface area contributed by atoms with Crippen LogP contribution in [-0.4, -0.2) is 26.8 Å². The van der Waals surface area contributed by atoms with Crippen LogP contribution < -0.4 is 4.72 Å². The fourth-order valence-corrected chi connectivity index (χ4v) is 3.66. The molecule has 2 aromatic carbocycles. The molecular weight excluding hydrogens is 352 g/mol. The van der Waals surface area contributed by atoms with E-state index in [2.05, 4.69) is 9.71 Å². The van der Waals surface area contributed by atoms with E-state index in [0.29, 0.717) is 16.1 Å². The number of amidine groups is 1. The Morgan fingerprint density at radius 1 is 1.12 bits per heavy atom. The third-order valence-electron chi connectivity index (χ3n) is 3.38. The van der Waals surface area contributed by atoms with Gasteiger partial charge in [0.25, 0.3) is 10.0 Å². The van der Waals surface area contributed by atoms with Crippen LogP contribution >= 0.6 is 11.6 Å². The molecule has 0 unspecified atom stereocenters. The second-order valence-electron chi connectivity index (χ2n) is 5.02. The number of hydrogen-bond acceptors (Lipinski definition) is 5. The predicted molar refractivity (Wildman–Crippen MR) is 89.4 cm³/mol. The van der Waals surface area contributed by atoms with Gasteiger partial charge in [-0.1, -0.05) is 41.9 Å². The number of rotatable bonds is 4. The minimum atomic E-state index is -3.61. The molecule has 0 fully saturated rings. The third-order valence-corrected chi connectivity index (χ3v) is 5.14. The lowest BCUT2D eigenvalue weighted by molar-refractivity contribution is -0.143. The summed E-state index contributed by atoms with van der Waals surface area (Å²) in [5.41, 5.74) is 1.13. The number of carbonyl (C=O) groups is 1. The maximum atomic E-state index is 11.9. The van der Waals surface area contributed by atoms with Crippen LogP contribution in [0.1, 0.15) is 11.1 Å². The summed E-state index contributed by atoms with van der Waals surface area (Å²) < 4.78 is 31.3. The summed E-state index contributed by atoms with van der Waals surface area (Å²) in [4.78, 5) is 16.0. The number of halogens is 1. The van der Waals surface area contributed by atoms with Crippen LogP contribution in [-0.2, 0) is 26.2 Å². The number of benzene rings is 2. The van der Waals surface area contributed by atoms with Gasteiger partial charge in [-0.3, -0.25) is 14.5 Å². The number of carbonyl (C=O) groups excluding carboxylic acids is 1. The quantitative estimate of drug-likeness (QED) is 0.842. The van der Waals surface area contributed by atoms with Crippen LogP contribution in [0.2, 0.25) is 5.02 Å². The van der Waals surface area contributed by atoms with Gasteiger partial charge in [0.05, 0.1) is 4.90 Å². The van der Waals surface area contributed by atoms with Gasteiger partial charge in [-0.25, -0.2) is 8.42 Å². The molecule has 0 aliphatic carbocycles. The first-order chi connectivity index (χ1) is 11.5. The summed E-state index contributed by atoms with van der Waals surface area (Å²) in [6.45, 7) is -0.262. The zero-order valence-corrected chi connectivity index (χ0v) is 14.0. The summed E-state index contributed by atoms with van der Waals surface area (Å²) in [7, 11) is -3.61. The molecule has 8 heteroatoms. The van der Waals surface area contributed by atoms with Gasteiger partial charge in [-0.15, -0.1) is 0 Å². The van der Waals surface area contributed by atoms with Gasteiger partial charge in [0.2, 0.25) is 0 Å². The van der Waals surface area contributed by atoms with Gasteiger partial charge in [-0.2, -0.15) is 0 Å². The number of fused-ring (bicyclic) bond motifs is 1. The van der Waals surface area contributed by atoms with E-state index in [9.17, 15) is 13.2 Å². The molecule has 0 bridgehead atoms. The van der Waals surface area contributed by atoms with Gasteiger partial charge < -0.3 is 4.74 Å². The highest BCUT2D eigenvalue weighted by molar-refractivity contribution is 7.90. The Labute approximate surface area is 144 Å². The topological polar surface area (TPSA) is 84.8 Å². The molecule has 2 aromatic rings. The highest BCUT2D eigenvalue weighted by atomic mass is 35.5. The van der Waals surface area contributed by atoms with Crippen LogP contribution in [0.15, 0.2) is 58.4 Å². The van der Waals surface area contributed by atoms with E-state index in [1.54, 1.807) is 42.5 Å². The molecule has 1 aliphatic heterocycles. The summed E-state index contributed by atoms with van der Waals surface area (Å²) in [5.74, 6) is -0.439. The predicted octanol–water partition coefficient (Wildman–Crippen LogP) is 2.12. The first kappa shape index (κ1) is 16.5. The summed E-state index contributed by atoms with van der Waals surface area (Å²) in [5, 5.41) is 0.508. The number of aliphatic imine (C=N–C) groups is 1. The Bertz CT molecular complexity index is 925. The third kappa shape index (κ3) is 3.42.